The first-order valence-corrected chi connectivity index (χ1v) is 9.10. The number of Topliss-reactive ketones (excluding diaryl/α,β-unsaturated/α-hetero) is 1. The highest BCUT2D eigenvalue weighted by atomic mass is 16.2. The largest absolute Gasteiger partial charge is 0.348 e. The maximum atomic E-state index is 12.7. The van der Waals surface area contributed by atoms with Crippen molar-refractivity contribution in [1.82, 2.24) is 9.47 Å². The molecule has 4 nitrogen and oxygen atoms in total. The van der Waals surface area contributed by atoms with Crippen molar-refractivity contribution in [1.29, 1.82) is 0 Å². The highest BCUT2D eigenvalue weighted by Gasteiger charge is 2.27. The van der Waals surface area contributed by atoms with Crippen molar-refractivity contribution in [2.75, 3.05) is 6.54 Å². The smallest absolute Gasteiger partial charge is 0.223 e. The summed E-state index contributed by atoms with van der Waals surface area (Å²) in [5, 5.41) is 2.17. The fourth-order valence-electron chi connectivity index (χ4n) is 3.79. The van der Waals surface area contributed by atoms with Gasteiger partial charge in [0.05, 0.1) is 6.04 Å². The molecule has 0 aliphatic carbocycles. The Bertz CT molecular complexity index is 973. The van der Waals surface area contributed by atoms with Crippen molar-refractivity contribution < 1.29 is 9.59 Å². The second-order valence-corrected chi connectivity index (χ2v) is 6.87. The predicted octanol–water partition coefficient (Wildman–Crippen LogP) is 4.21. The van der Waals surface area contributed by atoms with E-state index in [0.717, 1.165) is 23.0 Å². The van der Waals surface area contributed by atoms with Gasteiger partial charge in [0.1, 0.15) is 0 Å². The number of nitrogens with zero attached hydrogens (tertiary/aromatic N) is 2. The number of carbonyl (C=O) groups excluding carboxylic acids is 2. The van der Waals surface area contributed by atoms with Crippen molar-refractivity contribution in [3.05, 3.63) is 72.1 Å². The van der Waals surface area contributed by atoms with E-state index in [1.807, 2.05) is 60.4 Å². The summed E-state index contributed by atoms with van der Waals surface area (Å²) in [6.45, 7) is 3.57. The van der Waals surface area contributed by atoms with Crippen molar-refractivity contribution in [3.8, 4) is 0 Å². The number of carbonyl (C=O) groups is 2. The van der Waals surface area contributed by atoms with Gasteiger partial charge in [-0.05, 0) is 35.9 Å². The Hall–Kier alpha value is -2.88. The summed E-state index contributed by atoms with van der Waals surface area (Å²) in [6.07, 6.45) is 2.56. The van der Waals surface area contributed by atoms with Crippen LogP contribution in [0.2, 0.25) is 0 Å². The second kappa shape index (κ2) is 6.79. The Morgan fingerprint density at radius 1 is 0.962 bits per heavy atom. The quantitative estimate of drug-likeness (QED) is 0.664. The minimum atomic E-state index is 0.0251. The number of hydrogen-bond acceptors (Lipinski definition) is 2. The lowest BCUT2D eigenvalue weighted by molar-refractivity contribution is -0.134. The molecule has 1 atom stereocenters. The molecule has 0 N–H and O–H groups in total. The molecule has 0 saturated heterocycles. The van der Waals surface area contributed by atoms with Gasteiger partial charge in [-0.1, -0.05) is 36.4 Å². The molecule has 1 unspecified atom stereocenters. The van der Waals surface area contributed by atoms with Crippen LogP contribution >= 0.6 is 0 Å². The van der Waals surface area contributed by atoms with Gasteiger partial charge < -0.3 is 9.47 Å². The van der Waals surface area contributed by atoms with Crippen LogP contribution in [0.25, 0.3) is 10.8 Å². The fourth-order valence-corrected chi connectivity index (χ4v) is 3.79. The van der Waals surface area contributed by atoms with Crippen molar-refractivity contribution >= 4 is 22.5 Å². The van der Waals surface area contributed by atoms with Gasteiger partial charge in [0.25, 0.3) is 0 Å². The van der Waals surface area contributed by atoms with Crippen LogP contribution in [0.3, 0.4) is 0 Å². The average molecular weight is 346 g/mol. The SMILES string of the molecule is CC1c2cccn2CCN1C(=O)CCC(=O)c1ccc2ccccc2c1. The van der Waals surface area contributed by atoms with Crippen LogP contribution in [0.15, 0.2) is 60.8 Å². The van der Waals surface area contributed by atoms with Crippen LogP contribution in [0.5, 0.6) is 0 Å². The van der Waals surface area contributed by atoms with Crippen LogP contribution in [0.4, 0.5) is 0 Å². The molecule has 1 aromatic heterocycles. The lowest BCUT2D eigenvalue weighted by atomic mass is 10.0. The topological polar surface area (TPSA) is 42.3 Å². The zero-order valence-corrected chi connectivity index (χ0v) is 14.9. The zero-order chi connectivity index (χ0) is 18.1. The number of hydrogen-bond donors (Lipinski definition) is 0. The molecule has 4 rings (SSSR count). The van der Waals surface area contributed by atoms with E-state index < -0.39 is 0 Å². The number of amides is 1. The number of aromatic nitrogens is 1. The van der Waals surface area contributed by atoms with E-state index in [0.29, 0.717) is 12.1 Å². The third kappa shape index (κ3) is 3.03. The summed E-state index contributed by atoms with van der Waals surface area (Å²) < 4.78 is 2.19. The van der Waals surface area contributed by atoms with Crippen LogP contribution in [-0.4, -0.2) is 27.7 Å². The highest BCUT2D eigenvalue weighted by Crippen LogP contribution is 2.26. The number of benzene rings is 2. The van der Waals surface area contributed by atoms with Gasteiger partial charge in [0, 0.05) is 43.4 Å². The standard InChI is InChI=1S/C22H22N2O2/c1-16-20-7-4-12-23(20)13-14-24(16)22(26)11-10-21(25)19-9-8-17-5-2-3-6-18(17)15-19/h2-9,12,15-16H,10-11,13-14H2,1H3. The molecular formula is C22H22N2O2. The molecule has 2 aromatic carbocycles. The van der Waals surface area contributed by atoms with Gasteiger partial charge in [-0.15, -0.1) is 0 Å². The first-order valence-electron chi connectivity index (χ1n) is 9.10. The Balaban J connectivity index is 1.41. The molecule has 26 heavy (non-hydrogen) atoms. The van der Waals surface area contributed by atoms with Gasteiger partial charge >= 0.3 is 0 Å². The second-order valence-electron chi connectivity index (χ2n) is 6.87. The molecule has 0 spiro atoms. The monoisotopic (exact) mass is 346 g/mol. The summed E-state index contributed by atoms with van der Waals surface area (Å²) in [5.74, 6) is 0.0798. The van der Waals surface area contributed by atoms with Crippen molar-refractivity contribution in [2.24, 2.45) is 0 Å². The maximum Gasteiger partial charge on any atom is 0.223 e. The molecule has 4 heteroatoms. The molecule has 0 radical (unpaired) electrons. The van der Waals surface area contributed by atoms with Crippen LogP contribution in [-0.2, 0) is 11.3 Å². The average Bonchev–Trinajstić information content (AvgIpc) is 3.15. The van der Waals surface area contributed by atoms with Gasteiger partial charge in [0.15, 0.2) is 5.78 Å². The van der Waals surface area contributed by atoms with Crippen molar-refractivity contribution in [2.45, 2.75) is 32.4 Å². The molecule has 132 valence electrons. The summed E-state index contributed by atoms with van der Waals surface area (Å²) >= 11 is 0. The van der Waals surface area contributed by atoms with E-state index in [1.54, 1.807) is 0 Å². The normalized spacial score (nSPS) is 16.5. The molecular weight excluding hydrogens is 324 g/mol. The summed E-state index contributed by atoms with van der Waals surface area (Å²) in [4.78, 5) is 27.1. The third-order valence-corrected chi connectivity index (χ3v) is 5.30. The molecule has 0 bridgehead atoms. The number of rotatable bonds is 4. The van der Waals surface area contributed by atoms with Gasteiger partial charge in [-0.2, -0.15) is 0 Å². The number of fused-ring (bicyclic) bond motifs is 2. The summed E-state index contributed by atoms with van der Waals surface area (Å²) in [5.41, 5.74) is 1.84. The third-order valence-electron chi connectivity index (χ3n) is 5.30. The van der Waals surface area contributed by atoms with E-state index in [4.69, 9.17) is 0 Å². The van der Waals surface area contributed by atoms with Gasteiger partial charge in [-0.25, -0.2) is 0 Å². The Labute approximate surface area is 153 Å². The Kier molecular flexibility index (Phi) is 4.33. The lowest BCUT2D eigenvalue weighted by Crippen LogP contribution is -2.40. The molecule has 1 amide bonds. The van der Waals surface area contributed by atoms with E-state index >= 15 is 0 Å². The minimum Gasteiger partial charge on any atom is -0.348 e. The molecule has 0 fully saturated rings. The van der Waals surface area contributed by atoms with Gasteiger partial charge in [-0.3, -0.25) is 9.59 Å². The van der Waals surface area contributed by atoms with E-state index in [9.17, 15) is 9.59 Å². The van der Waals surface area contributed by atoms with Crippen LogP contribution < -0.4 is 0 Å². The lowest BCUT2D eigenvalue weighted by Gasteiger charge is -2.35. The molecule has 1 aliphatic rings. The number of ketones is 1. The Morgan fingerprint density at radius 3 is 2.62 bits per heavy atom. The maximum absolute atomic E-state index is 12.7. The first kappa shape index (κ1) is 16.6. The Morgan fingerprint density at radius 2 is 1.77 bits per heavy atom. The highest BCUT2D eigenvalue weighted by molar-refractivity contribution is 6.01. The van der Waals surface area contributed by atoms with Crippen molar-refractivity contribution in [3.63, 3.8) is 0 Å². The van der Waals surface area contributed by atoms with E-state index in [2.05, 4.69) is 16.8 Å². The van der Waals surface area contributed by atoms with E-state index in [1.165, 1.54) is 0 Å². The predicted molar refractivity (Wildman–Crippen MR) is 102 cm³/mol. The fraction of sp³-hybridized carbons (Fsp3) is 0.273. The first-order chi connectivity index (χ1) is 12.6. The molecule has 2 heterocycles. The molecule has 0 saturated carbocycles. The van der Waals surface area contributed by atoms with E-state index in [-0.39, 0.29) is 30.6 Å². The van der Waals surface area contributed by atoms with Crippen LogP contribution in [0.1, 0.15) is 41.9 Å². The van der Waals surface area contributed by atoms with Crippen LogP contribution in [0, 0.1) is 0 Å². The minimum absolute atomic E-state index is 0.0251. The summed E-state index contributed by atoms with van der Waals surface area (Å²) in [7, 11) is 0. The zero-order valence-electron chi connectivity index (χ0n) is 14.9. The summed E-state index contributed by atoms with van der Waals surface area (Å²) in [6, 6.07) is 17.8. The van der Waals surface area contributed by atoms with Gasteiger partial charge in [0.2, 0.25) is 5.91 Å². The molecule has 1 aliphatic heterocycles. The molecule has 3 aromatic rings.